The first-order valence-electron chi connectivity index (χ1n) is 6.76. The lowest BCUT2D eigenvalue weighted by Gasteiger charge is -2.06. The van der Waals surface area contributed by atoms with Gasteiger partial charge in [-0.1, -0.05) is 23.8 Å². The molecule has 2 aromatic rings. The van der Waals surface area contributed by atoms with Crippen molar-refractivity contribution in [3.63, 3.8) is 0 Å². The number of sulfonamides is 1. The van der Waals surface area contributed by atoms with E-state index in [2.05, 4.69) is 9.93 Å². The van der Waals surface area contributed by atoms with Gasteiger partial charge in [-0.25, -0.2) is 0 Å². The van der Waals surface area contributed by atoms with Crippen LogP contribution in [-0.2, 0) is 10.0 Å². The zero-order chi connectivity index (χ0) is 14.9. The molecule has 1 aromatic carbocycles. The number of benzene rings is 1. The fraction of sp³-hybridized carbons (Fsp3) is 0.267. The van der Waals surface area contributed by atoms with Crippen LogP contribution in [-0.4, -0.2) is 14.1 Å². The number of hydrogen-bond donors (Lipinski definition) is 1. The molecule has 0 saturated heterocycles. The van der Waals surface area contributed by atoms with Crippen molar-refractivity contribution < 1.29 is 8.42 Å². The maximum absolute atomic E-state index is 12.2. The summed E-state index contributed by atoms with van der Waals surface area (Å²) in [5, 5.41) is 6.16. The predicted octanol–water partition coefficient (Wildman–Crippen LogP) is 3.15. The van der Waals surface area contributed by atoms with Crippen LogP contribution in [0.1, 0.15) is 23.3 Å². The average Bonchev–Trinajstić information content (AvgIpc) is 3.14. The van der Waals surface area contributed by atoms with Crippen molar-refractivity contribution in [2.45, 2.75) is 24.7 Å². The summed E-state index contributed by atoms with van der Waals surface area (Å²) in [5.41, 5.74) is 1.87. The molecule has 6 heteroatoms. The Labute approximate surface area is 128 Å². The Kier molecular flexibility index (Phi) is 3.82. The first kappa shape index (κ1) is 14.3. The number of aryl methyl sites for hydroxylation is 1. The van der Waals surface area contributed by atoms with Crippen molar-refractivity contribution in [2.24, 2.45) is 11.0 Å². The average molecular weight is 320 g/mol. The molecule has 4 nitrogen and oxygen atoms in total. The summed E-state index contributed by atoms with van der Waals surface area (Å²) in [6, 6.07) is 10.7. The molecule has 1 saturated carbocycles. The second-order valence-corrected chi connectivity index (χ2v) is 7.76. The molecule has 0 atom stereocenters. The van der Waals surface area contributed by atoms with Gasteiger partial charge in [0.25, 0.3) is 10.0 Å². The molecular weight excluding hydrogens is 304 g/mol. The summed E-state index contributed by atoms with van der Waals surface area (Å²) in [6.45, 7) is 1.92. The predicted molar refractivity (Wildman–Crippen MR) is 85.1 cm³/mol. The zero-order valence-corrected chi connectivity index (χ0v) is 13.2. The van der Waals surface area contributed by atoms with Crippen LogP contribution >= 0.6 is 11.3 Å². The second kappa shape index (κ2) is 5.61. The summed E-state index contributed by atoms with van der Waals surface area (Å²) >= 11 is 1.58. The molecule has 1 fully saturated rings. The molecule has 0 spiro atoms. The topological polar surface area (TPSA) is 58.5 Å². The van der Waals surface area contributed by atoms with E-state index in [1.165, 1.54) is 0 Å². The van der Waals surface area contributed by atoms with E-state index in [4.69, 9.17) is 0 Å². The van der Waals surface area contributed by atoms with Crippen molar-refractivity contribution in [1.29, 1.82) is 0 Å². The molecule has 21 heavy (non-hydrogen) atoms. The van der Waals surface area contributed by atoms with E-state index in [1.54, 1.807) is 35.6 Å². The van der Waals surface area contributed by atoms with Crippen molar-refractivity contribution in [3.8, 4) is 0 Å². The largest absolute Gasteiger partial charge is 0.276 e. The summed E-state index contributed by atoms with van der Waals surface area (Å²) in [7, 11) is -3.60. The molecule has 3 rings (SSSR count). The van der Waals surface area contributed by atoms with E-state index in [1.807, 2.05) is 24.4 Å². The van der Waals surface area contributed by atoms with Crippen LogP contribution in [0.4, 0.5) is 0 Å². The first-order chi connectivity index (χ1) is 10.1. The van der Waals surface area contributed by atoms with Crippen molar-refractivity contribution in [2.75, 3.05) is 0 Å². The molecule has 1 aromatic heterocycles. The number of hydrazone groups is 1. The Balaban J connectivity index is 1.84. The lowest BCUT2D eigenvalue weighted by atomic mass is 10.2. The lowest BCUT2D eigenvalue weighted by molar-refractivity contribution is 0.584. The highest BCUT2D eigenvalue weighted by atomic mass is 32.2. The quantitative estimate of drug-likeness (QED) is 0.679. The van der Waals surface area contributed by atoms with Gasteiger partial charge in [0.2, 0.25) is 0 Å². The molecule has 0 amide bonds. The van der Waals surface area contributed by atoms with Crippen LogP contribution in [0.25, 0.3) is 0 Å². The summed E-state index contributed by atoms with van der Waals surface area (Å²) < 4.78 is 24.5. The lowest BCUT2D eigenvalue weighted by Crippen LogP contribution is -2.21. The van der Waals surface area contributed by atoms with E-state index in [0.717, 1.165) is 29.0 Å². The molecule has 1 aliphatic rings. The first-order valence-corrected chi connectivity index (χ1v) is 9.12. The highest BCUT2D eigenvalue weighted by molar-refractivity contribution is 7.89. The second-order valence-electron chi connectivity index (χ2n) is 5.16. The van der Waals surface area contributed by atoms with Crippen LogP contribution in [0.15, 0.2) is 51.8 Å². The minimum Gasteiger partial charge on any atom is -0.200 e. The highest BCUT2D eigenvalue weighted by Crippen LogP contribution is 2.34. The maximum atomic E-state index is 12.2. The SMILES string of the molecule is Cc1ccc(S(=O)(=O)N/N=C(\c2cccs2)C2CC2)cc1. The van der Waals surface area contributed by atoms with Gasteiger partial charge in [0.1, 0.15) is 0 Å². The minimum absolute atomic E-state index is 0.234. The molecule has 0 aliphatic heterocycles. The summed E-state index contributed by atoms with van der Waals surface area (Å²) in [6.07, 6.45) is 2.14. The Morgan fingerprint density at radius 2 is 1.95 bits per heavy atom. The number of rotatable bonds is 5. The van der Waals surface area contributed by atoms with Gasteiger partial charge in [-0.05, 0) is 43.3 Å². The molecule has 1 aliphatic carbocycles. The minimum atomic E-state index is -3.60. The maximum Gasteiger partial charge on any atom is 0.276 e. The Hall–Kier alpha value is -1.66. The van der Waals surface area contributed by atoms with E-state index in [9.17, 15) is 8.42 Å². The smallest absolute Gasteiger partial charge is 0.200 e. The van der Waals surface area contributed by atoms with Gasteiger partial charge >= 0.3 is 0 Å². The highest BCUT2D eigenvalue weighted by Gasteiger charge is 2.30. The van der Waals surface area contributed by atoms with E-state index >= 15 is 0 Å². The molecular formula is C15H16N2O2S2. The molecule has 0 bridgehead atoms. The fourth-order valence-electron chi connectivity index (χ4n) is 2.01. The fourth-order valence-corrected chi connectivity index (χ4v) is 3.62. The number of nitrogens with one attached hydrogen (secondary N) is 1. The van der Waals surface area contributed by atoms with E-state index in [-0.39, 0.29) is 4.90 Å². The third kappa shape index (κ3) is 3.33. The zero-order valence-electron chi connectivity index (χ0n) is 11.6. The van der Waals surface area contributed by atoms with Gasteiger partial charge < -0.3 is 0 Å². The van der Waals surface area contributed by atoms with Gasteiger partial charge in [-0.15, -0.1) is 11.3 Å². The number of nitrogens with zero attached hydrogens (tertiary/aromatic N) is 1. The normalized spacial score (nSPS) is 16.0. The molecule has 110 valence electrons. The molecule has 1 heterocycles. The Bertz CT molecular complexity index is 743. The van der Waals surface area contributed by atoms with E-state index in [0.29, 0.717) is 5.92 Å². The number of thiophene rings is 1. The van der Waals surface area contributed by atoms with Crippen molar-refractivity contribution in [3.05, 3.63) is 52.2 Å². The molecule has 0 unspecified atom stereocenters. The third-order valence-corrected chi connectivity index (χ3v) is 5.47. The van der Waals surface area contributed by atoms with Gasteiger partial charge in [0.15, 0.2) is 0 Å². The third-order valence-electron chi connectivity index (χ3n) is 3.36. The van der Waals surface area contributed by atoms with Crippen LogP contribution in [0.5, 0.6) is 0 Å². The van der Waals surface area contributed by atoms with E-state index < -0.39 is 10.0 Å². The molecule has 1 N–H and O–H groups in total. The summed E-state index contributed by atoms with van der Waals surface area (Å²) in [5.74, 6) is 0.379. The Morgan fingerprint density at radius 1 is 1.24 bits per heavy atom. The van der Waals surface area contributed by atoms with Gasteiger partial charge in [-0.2, -0.15) is 18.4 Å². The van der Waals surface area contributed by atoms with Crippen LogP contribution < -0.4 is 4.83 Å². The van der Waals surface area contributed by atoms with Gasteiger partial charge in [0.05, 0.1) is 15.5 Å². The molecule has 0 radical (unpaired) electrons. The van der Waals surface area contributed by atoms with Gasteiger partial charge in [0, 0.05) is 5.92 Å². The van der Waals surface area contributed by atoms with Crippen LogP contribution in [0, 0.1) is 12.8 Å². The van der Waals surface area contributed by atoms with Crippen molar-refractivity contribution in [1.82, 2.24) is 4.83 Å². The standard InChI is InChI=1S/C15H16N2O2S2/c1-11-4-8-13(9-5-11)21(18,19)17-16-15(12-6-7-12)14-3-2-10-20-14/h2-5,8-10,12,17H,6-7H2,1H3/b16-15-. The number of hydrogen-bond acceptors (Lipinski definition) is 4. The Morgan fingerprint density at radius 3 is 2.52 bits per heavy atom. The summed E-state index contributed by atoms with van der Waals surface area (Å²) in [4.78, 5) is 3.64. The monoisotopic (exact) mass is 320 g/mol. The van der Waals surface area contributed by atoms with Gasteiger partial charge in [-0.3, -0.25) is 0 Å². The van der Waals surface area contributed by atoms with Crippen LogP contribution in [0.2, 0.25) is 0 Å². The van der Waals surface area contributed by atoms with Crippen LogP contribution in [0.3, 0.4) is 0 Å². The van der Waals surface area contributed by atoms with Crippen molar-refractivity contribution >= 4 is 27.1 Å².